The quantitative estimate of drug-likeness (QED) is 0.822. The number of anilines is 2. The van der Waals surface area contributed by atoms with Gasteiger partial charge in [-0.15, -0.1) is 0 Å². The molecule has 25 heavy (non-hydrogen) atoms. The molecule has 1 aliphatic rings. The van der Waals surface area contributed by atoms with Crippen molar-refractivity contribution in [3.05, 3.63) is 53.7 Å². The molecule has 0 unspecified atom stereocenters. The SMILES string of the molecule is Cc1ccnc(NC(=S)NCc2ccc(N3CCN(C)CC3)cc2)c1. The fraction of sp³-hybridized carbons (Fsp3) is 0.368. The van der Waals surface area contributed by atoms with E-state index in [1.165, 1.54) is 11.3 Å². The van der Waals surface area contributed by atoms with Crippen molar-refractivity contribution in [1.82, 2.24) is 15.2 Å². The third kappa shape index (κ3) is 5.14. The molecule has 5 nitrogen and oxygen atoms in total. The molecule has 1 saturated heterocycles. The molecule has 132 valence electrons. The van der Waals surface area contributed by atoms with Gasteiger partial charge in [0.05, 0.1) is 0 Å². The Labute approximate surface area is 155 Å². The van der Waals surface area contributed by atoms with Crippen molar-refractivity contribution in [3.8, 4) is 0 Å². The number of nitrogens with one attached hydrogen (secondary N) is 2. The van der Waals surface area contributed by atoms with Crippen LogP contribution in [0.15, 0.2) is 42.6 Å². The maximum absolute atomic E-state index is 5.34. The average molecular weight is 356 g/mol. The van der Waals surface area contributed by atoms with Crippen molar-refractivity contribution >= 4 is 28.8 Å². The number of aromatic nitrogens is 1. The predicted octanol–water partition coefficient (Wildman–Crippen LogP) is 2.63. The van der Waals surface area contributed by atoms with E-state index in [4.69, 9.17) is 12.2 Å². The standard InChI is InChI=1S/C19H25N5S/c1-15-7-8-20-18(13-15)22-19(25)21-14-16-3-5-17(6-4-16)24-11-9-23(2)10-12-24/h3-8,13H,9-12,14H2,1-2H3,(H2,20,21,22,25). The van der Waals surface area contributed by atoms with Crippen molar-refractivity contribution in [2.75, 3.05) is 43.4 Å². The summed E-state index contributed by atoms with van der Waals surface area (Å²) in [6, 6.07) is 12.6. The van der Waals surface area contributed by atoms with Crippen LogP contribution in [0.25, 0.3) is 0 Å². The number of hydrogen-bond donors (Lipinski definition) is 2. The van der Waals surface area contributed by atoms with Gasteiger partial charge in [0.25, 0.3) is 0 Å². The first-order chi connectivity index (χ1) is 12.1. The van der Waals surface area contributed by atoms with Gasteiger partial charge >= 0.3 is 0 Å². The van der Waals surface area contributed by atoms with E-state index in [-0.39, 0.29) is 0 Å². The van der Waals surface area contributed by atoms with Gasteiger partial charge in [0.2, 0.25) is 0 Å². The second-order valence-corrected chi connectivity index (χ2v) is 6.89. The lowest BCUT2D eigenvalue weighted by Gasteiger charge is -2.34. The molecule has 2 aromatic rings. The molecule has 2 heterocycles. The van der Waals surface area contributed by atoms with Gasteiger partial charge in [-0.25, -0.2) is 4.98 Å². The van der Waals surface area contributed by atoms with Gasteiger partial charge in [-0.05, 0) is 61.6 Å². The fourth-order valence-corrected chi connectivity index (χ4v) is 3.01. The fourth-order valence-electron chi connectivity index (χ4n) is 2.84. The number of piperazine rings is 1. The second-order valence-electron chi connectivity index (χ2n) is 6.48. The lowest BCUT2D eigenvalue weighted by molar-refractivity contribution is 0.313. The van der Waals surface area contributed by atoms with E-state index in [1.54, 1.807) is 6.20 Å². The van der Waals surface area contributed by atoms with Crippen LogP contribution in [0, 0.1) is 6.92 Å². The van der Waals surface area contributed by atoms with Crippen molar-refractivity contribution in [2.45, 2.75) is 13.5 Å². The monoisotopic (exact) mass is 355 g/mol. The highest BCUT2D eigenvalue weighted by Crippen LogP contribution is 2.17. The molecule has 0 radical (unpaired) electrons. The van der Waals surface area contributed by atoms with E-state index in [1.807, 2.05) is 19.1 Å². The first kappa shape index (κ1) is 17.6. The zero-order valence-electron chi connectivity index (χ0n) is 14.8. The number of rotatable bonds is 4. The summed E-state index contributed by atoms with van der Waals surface area (Å²) in [6.45, 7) is 7.15. The lowest BCUT2D eigenvalue weighted by atomic mass is 10.2. The van der Waals surface area contributed by atoms with E-state index < -0.39 is 0 Å². The Hall–Kier alpha value is -2.18. The topological polar surface area (TPSA) is 43.4 Å². The Morgan fingerprint density at radius 2 is 1.84 bits per heavy atom. The number of likely N-dealkylation sites (N-methyl/N-ethyl adjacent to an activating group) is 1. The van der Waals surface area contributed by atoms with Crippen LogP contribution in [0.5, 0.6) is 0 Å². The Bertz CT molecular complexity index is 708. The molecule has 1 aromatic carbocycles. The van der Waals surface area contributed by atoms with E-state index >= 15 is 0 Å². The van der Waals surface area contributed by atoms with Crippen LogP contribution in [0.3, 0.4) is 0 Å². The van der Waals surface area contributed by atoms with Crippen molar-refractivity contribution in [3.63, 3.8) is 0 Å². The maximum Gasteiger partial charge on any atom is 0.172 e. The second kappa shape index (κ2) is 8.27. The van der Waals surface area contributed by atoms with E-state index in [2.05, 4.69) is 56.7 Å². The van der Waals surface area contributed by atoms with Crippen LogP contribution >= 0.6 is 12.2 Å². The third-order valence-corrected chi connectivity index (χ3v) is 4.66. The molecule has 1 aromatic heterocycles. The summed E-state index contributed by atoms with van der Waals surface area (Å²) < 4.78 is 0. The first-order valence-corrected chi connectivity index (χ1v) is 9.01. The molecular weight excluding hydrogens is 330 g/mol. The molecule has 1 fully saturated rings. The largest absolute Gasteiger partial charge is 0.369 e. The molecule has 1 aliphatic heterocycles. The molecule has 2 N–H and O–H groups in total. The van der Waals surface area contributed by atoms with E-state index in [0.29, 0.717) is 11.7 Å². The minimum Gasteiger partial charge on any atom is -0.369 e. The maximum atomic E-state index is 5.34. The Kier molecular flexibility index (Phi) is 5.83. The molecule has 0 atom stereocenters. The number of nitrogens with zero attached hydrogens (tertiary/aromatic N) is 3. The summed E-state index contributed by atoms with van der Waals surface area (Å²) in [5.74, 6) is 0.767. The summed E-state index contributed by atoms with van der Waals surface area (Å²) >= 11 is 5.34. The molecule has 0 bridgehead atoms. The van der Waals surface area contributed by atoms with Crippen LogP contribution < -0.4 is 15.5 Å². The van der Waals surface area contributed by atoms with Gasteiger partial charge < -0.3 is 20.4 Å². The van der Waals surface area contributed by atoms with E-state index in [9.17, 15) is 0 Å². The minimum atomic E-state index is 0.584. The van der Waals surface area contributed by atoms with Crippen LogP contribution in [0.4, 0.5) is 11.5 Å². The summed E-state index contributed by atoms with van der Waals surface area (Å²) in [5.41, 5.74) is 3.65. The van der Waals surface area contributed by atoms with Gasteiger partial charge in [0.15, 0.2) is 5.11 Å². The van der Waals surface area contributed by atoms with Crippen LogP contribution in [0.1, 0.15) is 11.1 Å². The van der Waals surface area contributed by atoms with Gasteiger partial charge in [0.1, 0.15) is 5.82 Å². The summed E-state index contributed by atoms with van der Waals surface area (Å²) in [4.78, 5) is 9.06. The van der Waals surface area contributed by atoms with Crippen LogP contribution in [0.2, 0.25) is 0 Å². The highest BCUT2D eigenvalue weighted by molar-refractivity contribution is 7.80. The first-order valence-electron chi connectivity index (χ1n) is 8.60. The van der Waals surface area contributed by atoms with Crippen molar-refractivity contribution in [2.24, 2.45) is 0 Å². The average Bonchev–Trinajstić information content (AvgIpc) is 2.61. The van der Waals surface area contributed by atoms with Gasteiger partial charge in [-0.2, -0.15) is 0 Å². The van der Waals surface area contributed by atoms with Crippen LogP contribution in [-0.2, 0) is 6.54 Å². The number of aryl methyl sites for hydroxylation is 1. The smallest absolute Gasteiger partial charge is 0.172 e. The summed E-state index contributed by atoms with van der Waals surface area (Å²) in [7, 11) is 2.18. The summed E-state index contributed by atoms with van der Waals surface area (Å²) in [5, 5.41) is 6.93. The van der Waals surface area contributed by atoms with Crippen molar-refractivity contribution < 1.29 is 0 Å². The number of pyridine rings is 1. The van der Waals surface area contributed by atoms with Gasteiger partial charge in [-0.3, -0.25) is 0 Å². The third-order valence-electron chi connectivity index (χ3n) is 4.41. The lowest BCUT2D eigenvalue weighted by Crippen LogP contribution is -2.44. The number of benzene rings is 1. The molecule has 0 spiro atoms. The Morgan fingerprint density at radius 3 is 2.52 bits per heavy atom. The zero-order chi connectivity index (χ0) is 17.6. The number of hydrogen-bond acceptors (Lipinski definition) is 4. The van der Waals surface area contributed by atoms with Crippen LogP contribution in [-0.4, -0.2) is 48.2 Å². The summed E-state index contributed by atoms with van der Waals surface area (Å²) in [6.07, 6.45) is 1.78. The van der Waals surface area contributed by atoms with Gasteiger partial charge in [-0.1, -0.05) is 12.1 Å². The minimum absolute atomic E-state index is 0.584. The molecule has 0 amide bonds. The molecule has 3 rings (SSSR count). The molecule has 0 aliphatic carbocycles. The Morgan fingerprint density at radius 1 is 1.12 bits per heavy atom. The van der Waals surface area contributed by atoms with Gasteiger partial charge in [0, 0.05) is 44.6 Å². The molecule has 6 heteroatoms. The molecule has 0 saturated carbocycles. The zero-order valence-corrected chi connectivity index (χ0v) is 15.6. The highest BCUT2D eigenvalue weighted by Gasteiger charge is 2.13. The Balaban J connectivity index is 1.49. The van der Waals surface area contributed by atoms with E-state index in [0.717, 1.165) is 37.6 Å². The normalized spacial score (nSPS) is 15.0. The highest BCUT2D eigenvalue weighted by atomic mass is 32.1. The molecular formula is C19H25N5S. The van der Waals surface area contributed by atoms with Crippen molar-refractivity contribution in [1.29, 1.82) is 0 Å². The predicted molar refractivity (Wildman–Crippen MR) is 108 cm³/mol. The number of thiocarbonyl (C=S) groups is 1.